The van der Waals surface area contributed by atoms with E-state index in [1.54, 1.807) is 0 Å². The Hall–Kier alpha value is -1.72. The van der Waals surface area contributed by atoms with Crippen molar-refractivity contribution >= 4 is 17.7 Å². The number of aromatic nitrogens is 3. The molecule has 2 saturated carbocycles. The smallest absolute Gasteiger partial charge is 0.225 e. The van der Waals surface area contributed by atoms with E-state index in [4.69, 9.17) is 11.5 Å². The van der Waals surface area contributed by atoms with Crippen molar-refractivity contribution in [3.8, 4) is 0 Å². The van der Waals surface area contributed by atoms with E-state index in [0.29, 0.717) is 30.4 Å². The minimum Gasteiger partial charge on any atom is -0.368 e. The fourth-order valence-corrected chi connectivity index (χ4v) is 3.63. The maximum absolute atomic E-state index is 12.2. The molecule has 0 aliphatic heterocycles. The normalized spacial score (nSPS) is 28.7. The SMILES string of the molecule is Nc1nc(N)nc(CCC(=O)C2CC3CCC2C3)n1. The van der Waals surface area contributed by atoms with Crippen LogP contribution in [0.25, 0.3) is 0 Å². The third kappa shape index (κ3) is 2.52. The van der Waals surface area contributed by atoms with Crippen molar-refractivity contribution in [2.75, 3.05) is 11.5 Å². The van der Waals surface area contributed by atoms with Gasteiger partial charge < -0.3 is 11.5 Å². The Kier molecular flexibility index (Phi) is 3.08. The summed E-state index contributed by atoms with van der Waals surface area (Å²) in [4.78, 5) is 24.0. The Labute approximate surface area is 112 Å². The van der Waals surface area contributed by atoms with Gasteiger partial charge in [0.15, 0.2) is 0 Å². The summed E-state index contributed by atoms with van der Waals surface area (Å²) in [5.41, 5.74) is 11.0. The Morgan fingerprint density at radius 2 is 1.84 bits per heavy atom. The number of aryl methyl sites for hydroxylation is 1. The number of carbonyl (C=O) groups excluding carboxylic acids is 1. The predicted octanol–water partition coefficient (Wildman–Crippen LogP) is 0.974. The summed E-state index contributed by atoms with van der Waals surface area (Å²) in [7, 11) is 0. The van der Waals surface area contributed by atoms with Crippen LogP contribution in [0.15, 0.2) is 0 Å². The molecule has 19 heavy (non-hydrogen) atoms. The van der Waals surface area contributed by atoms with E-state index in [-0.39, 0.29) is 17.8 Å². The fourth-order valence-electron chi connectivity index (χ4n) is 3.63. The Bertz CT molecular complexity index is 484. The molecule has 1 heterocycles. The lowest BCUT2D eigenvalue weighted by Gasteiger charge is -2.19. The highest BCUT2D eigenvalue weighted by Crippen LogP contribution is 2.48. The lowest BCUT2D eigenvalue weighted by atomic mass is 9.84. The van der Waals surface area contributed by atoms with Gasteiger partial charge in [-0.2, -0.15) is 15.0 Å². The minimum atomic E-state index is 0.120. The predicted molar refractivity (Wildman–Crippen MR) is 70.9 cm³/mol. The van der Waals surface area contributed by atoms with Gasteiger partial charge in [-0.15, -0.1) is 0 Å². The molecule has 6 heteroatoms. The first-order valence-corrected chi connectivity index (χ1v) is 6.90. The van der Waals surface area contributed by atoms with Crippen LogP contribution in [0, 0.1) is 17.8 Å². The second-order valence-corrected chi connectivity index (χ2v) is 5.72. The summed E-state index contributed by atoms with van der Waals surface area (Å²) < 4.78 is 0. The molecule has 102 valence electrons. The van der Waals surface area contributed by atoms with Crippen molar-refractivity contribution in [2.45, 2.75) is 38.5 Å². The van der Waals surface area contributed by atoms with E-state index in [1.807, 2.05) is 0 Å². The Balaban J connectivity index is 1.58. The zero-order valence-corrected chi connectivity index (χ0v) is 10.9. The summed E-state index contributed by atoms with van der Waals surface area (Å²) in [6.07, 6.45) is 5.87. The van der Waals surface area contributed by atoms with E-state index in [2.05, 4.69) is 15.0 Å². The minimum absolute atomic E-state index is 0.120. The van der Waals surface area contributed by atoms with Gasteiger partial charge in [0, 0.05) is 18.8 Å². The van der Waals surface area contributed by atoms with Crippen molar-refractivity contribution in [1.82, 2.24) is 15.0 Å². The molecule has 0 radical (unpaired) electrons. The summed E-state index contributed by atoms with van der Waals surface area (Å²) in [5, 5.41) is 0. The monoisotopic (exact) mass is 261 g/mol. The molecule has 2 bridgehead atoms. The number of anilines is 2. The molecule has 2 aliphatic carbocycles. The van der Waals surface area contributed by atoms with Crippen LogP contribution in [-0.2, 0) is 11.2 Å². The number of hydrogen-bond acceptors (Lipinski definition) is 6. The second-order valence-electron chi connectivity index (χ2n) is 5.72. The highest BCUT2D eigenvalue weighted by molar-refractivity contribution is 5.82. The summed E-state index contributed by atoms with van der Waals surface area (Å²) >= 11 is 0. The standard InChI is InChI=1S/C13H19N5O/c14-12-16-11(17-13(15)18-12)4-3-10(19)9-6-7-1-2-8(9)5-7/h7-9H,1-6H2,(H4,14,15,16,17,18). The number of rotatable bonds is 4. The molecule has 2 fully saturated rings. The van der Waals surface area contributed by atoms with Crippen LogP contribution in [0.1, 0.15) is 37.9 Å². The summed E-state index contributed by atoms with van der Waals surface area (Å²) in [5.74, 6) is 2.81. The van der Waals surface area contributed by atoms with E-state index in [1.165, 1.54) is 19.3 Å². The molecule has 4 N–H and O–H groups in total. The zero-order chi connectivity index (χ0) is 13.4. The molecular weight excluding hydrogens is 242 g/mol. The number of nitrogens with zero attached hydrogens (tertiary/aromatic N) is 3. The van der Waals surface area contributed by atoms with E-state index in [9.17, 15) is 4.79 Å². The van der Waals surface area contributed by atoms with Gasteiger partial charge >= 0.3 is 0 Å². The second kappa shape index (κ2) is 4.75. The Morgan fingerprint density at radius 1 is 1.11 bits per heavy atom. The lowest BCUT2D eigenvalue weighted by molar-refractivity contribution is -0.124. The van der Waals surface area contributed by atoms with E-state index >= 15 is 0 Å². The van der Waals surface area contributed by atoms with Crippen LogP contribution in [-0.4, -0.2) is 20.7 Å². The average molecular weight is 261 g/mol. The molecule has 0 aromatic carbocycles. The van der Waals surface area contributed by atoms with Gasteiger partial charge in [-0.3, -0.25) is 4.79 Å². The highest BCUT2D eigenvalue weighted by Gasteiger charge is 2.42. The van der Waals surface area contributed by atoms with Gasteiger partial charge in [-0.1, -0.05) is 6.42 Å². The fraction of sp³-hybridized carbons (Fsp3) is 0.692. The quantitative estimate of drug-likeness (QED) is 0.836. The summed E-state index contributed by atoms with van der Waals surface area (Å²) in [6, 6.07) is 0. The molecule has 6 nitrogen and oxygen atoms in total. The van der Waals surface area contributed by atoms with Crippen LogP contribution in [0.4, 0.5) is 11.9 Å². The number of Topliss-reactive ketones (excluding diaryl/α,β-unsaturated/α-hetero) is 1. The van der Waals surface area contributed by atoms with Crippen LogP contribution in [0.3, 0.4) is 0 Å². The van der Waals surface area contributed by atoms with E-state index in [0.717, 1.165) is 12.3 Å². The maximum Gasteiger partial charge on any atom is 0.225 e. The van der Waals surface area contributed by atoms with Gasteiger partial charge in [0.1, 0.15) is 11.6 Å². The van der Waals surface area contributed by atoms with Crippen molar-refractivity contribution < 1.29 is 4.79 Å². The number of nitrogens with two attached hydrogens (primary N) is 2. The molecule has 0 spiro atoms. The van der Waals surface area contributed by atoms with E-state index < -0.39 is 0 Å². The van der Waals surface area contributed by atoms with Gasteiger partial charge in [0.2, 0.25) is 11.9 Å². The van der Waals surface area contributed by atoms with Gasteiger partial charge in [-0.25, -0.2) is 0 Å². The van der Waals surface area contributed by atoms with Crippen molar-refractivity contribution in [1.29, 1.82) is 0 Å². The Morgan fingerprint density at radius 3 is 2.42 bits per heavy atom. The molecule has 3 unspecified atom stereocenters. The van der Waals surface area contributed by atoms with Gasteiger partial charge in [0.25, 0.3) is 0 Å². The summed E-state index contributed by atoms with van der Waals surface area (Å²) in [6.45, 7) is 0. The number of carbonyl (C=O) groups is 1. The van der Waals surface area contributed by atoms with Gasteiger partial charge in [0.05, 0.1) is 0 Å². The molecule has 1 aromatic heterocycles. The molecule has 3 atom stereocenters. The number of hydrogen-bond donors (Lipinski definition) is 2. The molecular formula is C13H19N5O. The van der Waals surface area contributed by atoms with Crippen LogP contribution >= 0.6 is 0 Å². The molecule has 2 aliphatic rings. The first-order valence-electron chi connectivity index (χ1n) is 6.90. The molecule has 1 aromatic rings. The topological polar surface area (TPSA) is 108 Å². The first kappa shape index (κ1) is 12.3. The molecule has 3 rings (SSSR count). The van der Waals surface area contributed by atoms with Crippen molar-refractivity contribution in [3.63, 3.8) is 0 Å². The van der Waals surface area contributed by atoms with Crippen molar-refractivity contribution in [3.05, 3.63) is 5.82 Å². The number of ketones is 1. The average Bonchev–Trinajstić information content (AvgIpc) is 2.97. The van der Waals surface area contributed by atoms with Crippen molar-refractivity contribution in [2.24, 2.45) is 17.8 Å². The molecule has 0 saturated heterocycles. The van der Waals surface area contributed by atoms with Crippen LogP contribution in [0.2, 0.25) is 0 Å². The number of fused-ring (bicyclic) bond motifs is 2. The van der Waals surface area contributed by atoms with Gasteiger partial charge in [-0.05, 0) is 31.1 Å². The largest absolute Gasteiger partial charge is 0.368 e. The maximum atomic E-state index is 12.2. The van der Waals surface area contributed by atoms with Crippen LogP contribution < -0.4 is 11.5 Å². The highest BCUT2D eigenvalue weighted by atomic mass is 16.1. The molecule has 0 amide bonds. The van der Waals surface area contributed by atoms with Crippen LogP contribution in [0.5, 0.6) is 0 Å². The lowest BCUT2D eigenvalue weighted by Crippen LogP contribution is -2.21. The first-order chi connectivity index (χ1) is 9.11. The third-order valence-corrected chi connectivity index (χ3v) is 4.46. The third-order valence-electron chi connectivity index (χ3n) is 4.46. The number of nitrogen functional groups attached to an aromatic ring is 2. The zero-order valence-electron chi connectivity index (χ0n) is 10.9.